The van der Waals surface area contributed by atoms with Gasteiger partial charge >= 0.3 is 6.03 Å². The summed E-state index contributed by atoms with van der Waals surface area (Å²) in [5, 5.41) is 5.77. The molecule has 3 aliphatic rings. The summed E-state index contributed by atoms with van der Waals surface area (Å²) in [5.41, 5.74) is 1.05. The summed E-state index contributed by atoms with van der Waals surface area (Å²) >= 11 is 1.51. The van der Waals surface area contributed by atoms with Crippen molar-refractivity contribution >= 4 is 28.4 Å². The first-order chi connectivity index (χ1) is 14.1. The van der Waals surface area contributed by atoms with E-state index in [2.05, 4.69) is 27.5 Å². The van der Waals surface area contributed by atoms with Crippen LogP contribution in [0.3, 0.4) is 0 Å². The summed E-state index contributed by atoms with van der Waals surface area (Å²) < 4.78 is 0. The standard InChI is InChI=1S/C21H33N5O2S/c1-16-5-4-8-24(13-16)14-18-15-29-20(22-18)23-19(27)17-6-11-26(12-7-17)21(28)25-9-2-3-10-25/h15-17H,2-14H2,1H3,(H,22,23,27). The van der Waals surface area contributed by atoms with E-state index in [-0.39, 0.29) is 17.9 Å². The third kappa shape index (κ3) is 5.28. The highest BCUT2D eigenvalue weighted by atomic mass is 32.1. The van der Waals surface area contributed by atoms with Crippen LogP contribution in [0.5, 0.6) is 0 Å². The minimum absolute atomic E-state index is 0.0343. The number of carbonyl (C=O) groups is 2. The van der Waals surface area contributed by atoms with Crippen molar-refractivity contribution in [1.82, 2.24) is 19.7 Å². The van der Waals surface area contributed by atoms with Gasteiger partial charge in [-0.05, 0) is 51.0 Å². The second-order valence-electron chi connectivity index (χ2n) is 8.85. The first-order valence-electron chi connectivity index (χ1n) is 11.1. The van der Waals surface area contributed by atoms with Gasteiger partial charge in [-0.1, -0.05) is 6.92 Å². The van der Waals surface area contributed by atoms with E-state index >= 15 is 0 Å². The summed E-state index contributed by atoms with van der Waals surface area (Å²) in [4.78, 5) is 36.1. The van der Waals surface area contributed by atoms with Crippen LogP contribution >= 0.6 is 11.3 Å². The number of hydrogen-bond acceptors (Lipinski definition) is 5. The smallest absolute Gasteiger partial charge is 0.319 e. The predicted molar refractivity (Wildman–Crippen MR) is 115 cm³/mol. The molecule has 0 radical (unpaired) electrons. The second-order valence-corrected chi connectivity index (χ2v) is 9.71. The molecule has 0 aromatic carbocycles. The molecule has 0 spiro atoms. The van der Waals surface area contributed by atoms with Gasteiger partial charge in [0.2, 0.25) is 5.91 Å². The molecule has 8 heteroatoms. The number of amides is 3. The Bertz CT molecular complexity index is 710. The topological polar surface area (TPSA) is 68.8 Å². The number of urea groups is 1. The zero-order valence-corrected chi connectivity index (χ0v) is 18.3. The van der Waals surface area contributed by atoms with Gasteiger partial charge < -0.3 is 15.1 Å². The third-order valence-electron chi connectivity index (χ3n) is 6.42. The average Bonchev–Trinajstić information content (AvgIpc) is 3.40. The highest BCUT2D eigenvalue weighted by molar-refractivity contribution is 7.13. The molecule has 0 aliphatic carbocycles. The van der Waals surface area contributed by atoms with Crippen LogP contribution in [0.25, 0.3) is 0 Å². The second kappa shape index (κ2) is 9.43. The Balaban J connectivity index is 1.23. The number of thiazole rings is 1. The molecule has 0 saturated carbocycles. The molecule has 1 N–H and O–H groups in total. The van der Waals surface area contributed by atoms with Gasteiger partial charge in [-0.25, -0.2) is 9.78 Å². The molecule has 7 nitrogen and oxygen atoms in total. The fourth-order valence-corrected chi connectivity index (χ4v) is 5.45. The third-order valence-corrected chi connectivity index (χ3v) is 7.23. The summed E-state index contributed by atoms with van der Waals surface area (Å²) in [6.45, 7) is 8.54. The molecule has 3 saturated heterocycles. The summed E-state index contributed by atoms with van der Waals surface area (Å²) in [7, 11) is 0. The molecule has 1 aromatic heterocycles. The lowest BCUT2D eigenvalue weighted by Gasteiger charge is -2.33. The van der Waals surface area contributed by atoms with Gasteiger partial charge in [-0.2, -0.15) is 0 Å². The van der Waals surface area contributed by atoms with E-state index in [9.17, 15) is 9.59 Å². The Hall–Kier alpha value is -1.67. The van der Waals surface area contributed by atoms with Crippen LogP contribution in [0.15, 0.2) is 5.38 Å². The van der Waals surface area contributed by atoms with Gasteiger partial charge in [0.1, 0.15) is 0 Å². The van der Waals surface area contributed by atoms with Crippen molar-refractivity contribution in [2.24, 2.45) is 11.8 Å². The van der Waals surface area contributed by atoms with E-state index in [0.29, 0.717) is 18.2 Å². The Labute approximate surface area is 177 Å². The number of rotatable bonds is 4. The molecule has 0 bridgehead atoms. The molecule has 3 aliphatic heterocycles. The molecule has 1 aromatic rings. The van der Waals surface area contributed by atoms with Crippen molar-refractivity contribution in [2.75, 3.05) is 44.6 Å². The number of likely N-dealkylation sites (tertiary alicyclic amines) is 3. The zero-order chi connectivity index (χ0) is 20.2. The van der Waals surface area contributed by atoms with E-state index in [0.717, 1.165) is 70.0 Å². The fraction of sp³-hybridized carbons (Fsp3) is 0.762. The first-order valence-corrected chi connectivity index (χ1v) is 12.0. The SMILES string of the molecule is CC1CCCN(Cc2csc(NC(=O)C3CCN(C(=O)N4CCCC4)CC3)n2)C1. The van der Waals surface area contributed by atoms with Gasteiger partial charge in [-0.3, -0.25) is 9.69 Å². The number of hydrogen-bond donors (Lipinski definition) is 1. The number of carbonyl (C=O) groups excluding carboxylic acids is 2. The molecule has 29 heavy (non-hydrogen) atoms. The quantitative estimate of drug-likeness (QED) is 0.813. The zero-order valence-electron chi connectivity index (χ0n) is 17.4. The maximum Gasteiger partial charge on any atom is 0.319 e. The van der Waals surface area contributed by atoms with E-state index in [4.69, 9.17) is 0 Å². The minimum Gasteiger partial charge on any atom is -0.325 e. The molecule has 3 amide bonds. The number of aromatic nitrogens is 1. The van der Waals surface area contributed by atoms with Crippen LogP contribution in [0.2, 0.25) is 0 Å². The van der Waals surface area contributed by atoms with E-state index < -0.39 is 0 Å². The number of nitrogens with one attached hydrogen (secondary N) is 1. The van der Waals surface area contributed by atoms with Crippen LogP contribution < -0.4 is 5.32 Å². The van der Waals surface area contributed by atoms with Crippen molar-refractivity contribution in [3.8, 4) is 0 Å². The predicted octanol–water partition coefficient (Wildman–Crippen LogP) is 3.24. The molecular formula is C21H33N5O2S. The van der Waals surface area contributed by atoms with Gasteiger partial charge in [0.25, 0.3) is 0 Å². The fourth-order valence-electron chi connectivity index (χ4n) is 4.75. The van der Waals surface area contributed by atoms with E-state index in [1.54, 1.807) is 0 Å². The summed E-state index contributed by atoms with van der Waals surface area (Å²) in [6.07, 6.45) is 6.25. The molecule has 160 valence electrons. The van der Waals surface area contributed by atoms with E-state index in [1.807, 2.05) is 9.80 Å². The van der Waals surface area contributed by atoms with Crippen molar-refractivity contribution in [2.45, 2.75) is 52.0 Å². The first kappa shape index (κ1) is 20.6. The Kier molecular flexibility index (Phi) is 6.70. The van der Waals surface area contributed by atoms with Crippen LogP contribution in [0.1, 0.15) is 51.1 Å². The van der Waals surface area contributed by atoms with E-state index in [1.165, 1.54) is 24.2 Å². The molecule has 3 fully saturated rings. The highest BCUT2D eigenvalue weighted by Crippen LogP contribution is 2.24. The molecular weight excluding hydrogens is 386 g/mol. The lowest BCUT2D eigenvalue weighted by molar-refractivity contribution is -0.121. The molecule has 4 rings (SSSR count). The minimum atomic E-state index is -0.0343. The number of piperidine rings is 2. The van der Waals surface area contributed by atoms with Crippen LogP contribution in [-0.2, 0) is 11.3 Å². The van der Waals surface area contributed by atoms with Crippen LogP contribution in [0, 0.1) is 11.8 Å². The Morgan fingerprint density at radius 1 is 1.07 bits per heavy atom. The summed E-state index contributed by atoms with van der Waals surface area (Å²) in [6, 6.07) is 0.151. The average molecular weight is 420 g/mol. The Morgan fingerprint density at radius 2 is 1.79 bits per heavy atom. The normalized spacial score (nSPS) is 24.1. The summed E-state index contributed by atoms with van der Waals surface area (Å²) in [5.74, 6) is 0.767. The lowest BCUT2D eigenvalue weighted by atomic mass is 9.96. The molecule has 1 unspecified atom stereocenters. The van der Waals surface area contributed by atoms with Crippen molar-refractivity contribution in [3.05, 3.63) is 11.1 Å². The van der Waals surface area contributed by atoms with Gasteiger partial charge in [-0.15, -0.1) is 11.3 Å². The van der Waals surface area contributed by atoms with Gasteiger partial charge in [0.15, 0.2) is 5.13 Å². The van der Waals surface area contributed by atoms with Crippen LogP contribution in [0.4, 0.5) is 9.93 Å². The Morgan fingerprint density at radius 3 is 2.52 bits per heavy atom. The molecule has 1 atom stereocenters. The number of nitrogens with zero attached hydrogens (tertiary/aromatic N) is 4. The highest BCUT2D eigenvalue weighted by Gasteiger charge is 2.30. The van der Waals surface area contributed by atoms with Gasteiger partial charge in [0.05, 0.1) is 5.69 Å². The maximum absolute atomic E-state index is 12.7. The maximum atomic E-state index is 12.7. The molecule has 4 heterocycles. The monoisotopic (exact) mass is 419 g/mol. The van der Waals surface area contributed by atoms with Crippen molar-refractivity contribution < 1.29 is 9.59 Å². The van der Waals surface area contributed by atoms with Crippen molar-refractivity contribution in [1.29, 1.82) is 0 Å². The lowest BCUT2D eigenvalue weighted by Crippen LogP contribution is -2.47. The van der Waals surface area contributed by atoms with Gasteiger partial charge in [0, 0.05) is 50.6 Å². The van der Waals surface area contributed by atoms with Crippen LogP contribution in [-0.4, -0.2) is 70.9 Å². The number of anilines is 1. The largest absolute Gasteiger partial charge is 0.325 e. The van der Waals surface area contributed by atoms with Crippen molar-refractivity contribution in [3.63, 3.8) is 0 Å².